The van der Waals surface area contributed by atoms with E-state index in [-0.39, 0.29) is 23.4 Å². The number of rotatable bonds is 1. The maximum absolute atomic E-state index is 10.7. The highest BCUT2D eigenvalue weighted by atomic mass is 16.6. The molecule has 3 aliphatic rings. The van der Waals surface area contributed by atoms with E-state index in [4.69, 9.17) is 9.84 Å². The minimum atomic E-state index is -1.07. The number of aromatic nitrogens is 2. The summed E-state index contributed by atoms with van der Waals surface area (Å²) < 4.78 is 7.89. The van der Waals surface area contributed by atoms with Gasteiger partial charge in [-0.2, -0.15) is 10.4 Å². The summed E-state index contributed by atoms with van der Waals surface area (Å²) in [6, 6.07) is 12.6. The Balaban J connectivity index is 1.70. The van der Waals surface area contributed by atoms with Crippen molar-refractivity contribution >= 4 is 0 Å². The number of nitriles is 1. The van der Waals surface area contributed by atoms with Crippen LogP contribution >= 0.6 is 0 Å². The van der Waals surface area contributed by atoms with Gasteiger partial charge in [0.05, 0.1) is 11.4 Å². The van der Waals surface area contributed by atoms with Crippen LogP contribution in [0.15, 0.2) is 30.3 Å². The SMILES string of the molecule is CC1C(O)C2(C#N)OC2C2(C)c3nn(C)c(-c4ccccc4)c3CCC12. The van der Waals surface area contributed by atoms with Crippen molar-refractivity contribution in [1.29, 1.82) is 5.26 Å². The van der Waals surface area contributed by atoms with Crippen LogP contribution in [0, 0.1) is 23.2 Å². The van der Waals surface area contributed by atoms with Crippen molar-refractivity contribution in [3.63, 3.8) is 0 Å². The van der Waals surface area contributed by atoms with Crippen LogP contribution in [0.1, 0.15) is 31.5 Å². The van der Waals surface area contributed by atoms with Crippen LogP contribution < -0.4 is 0 Å². The predicted molar refractivity (Wildman–Crippen MR) is 96.2 cm³/mol. The van der Waals surface area contributed by atoms with Crippen molar-refractivity contribution in [3.05, 3.63) is 41.6 Å². The summed E-state index contributed by atoms with van der Waals surface area (Å²) >= 11 is 0. The van der Waals surface area contributed by atoms with Gasteiger partial charge in [0.1, 0.15) is 18.3 Å². The second kappa shape index (κ2) is 4.97. The van der Waals surface area contributed by atoms with Crippen LogP contribution in [0.25, 0.3) is 11.3 Å². The maximum atomic E-state index is 10.7. The van der Waals surface area contributed by atoms with Crippen molar-refractivity contribution in [2.75, 3.05) is 0 Å². The van der Waals surface area contributed by atoms with Gasteiger partial charge in [-0.15, -0.1) is 0 Å². The number of hydrogen-bond acceptors (Lipinski definition) is 4. The first-order valence-corrected chi connectivity index (χ1v) is 9.34. The quantitative estimate of drug-likeness (QED) is 0.803. The lowest BCUT2D eigenvalue weighted by Crippen LogP contribution is -2.57. The van der Waals surface area contributed by atoms with E-state index < -0.39 is 11.7 Å². The van der Waals surface area contributed by atoms with E-state index in [1.807, 2.05) is 29.9 Å². The number of aliphatic hydroxyl groups is 1. The molecule has 0 amide bonds. The highest BCUT2D eigenvalue weighted by molar-refractivity contribution is 5.66. The molecule has 6 atom stereocenters. The van der Waals surface area contributed by atoms with Crippen molar-refractivity contribution in [3.8, 4) is 17.3 Å². The molecule has 0 spiro atoms. The molecule has 0 radical (unpaired) electrons. The number of ether oxygens (including phenoxy) is 1. The third kappa shape index (κ3) is 1.69. The molecule has 26 heavy (non-hydrogen) atoms. The number of aliphatic hydroxyl groups excluding tert-OH is 1. The Bertz CT molecular complexity index is 931. The van der Waals surface area contributed by atoms with Gasteiger partial charge in [-0.1, -0.05) is 44.2 Å². The van der Waals surface area contributed by atoms with Crippen molar-refractivity contribution in [1.82, 2.24) is 9.78 Å². The molecule has 5 heteroatoms. The first-order chi connectivity index (χ1) is 12.4. The molecule has 0 bridgehead atoms. The molecule has 5 rings (SSSR count). The van der Waals surface area contributed by atoms with E-state index in [1.54, 1.807) is 0 Å². The predicted octanol–water partition coefficient (Wildman–Crippen LogP) is 2.58. The Morgan fingerprint density at radius 2 is 2.08 bits per heavy atom. The molecule has 134 valence electrons. The smallest absolute Gasteiger partial charge is 0.207 e. The lowest BCUT2D eigenvalue weighted by atomic mass is 9.53. The molecule has 2 aliphatic carbocycles. The maximum Gasteiger partial charge on any atom is 0.207 e. The number of nitrogens with zero attached hydrogens (tertiary/aromatic N) is 3. The number of epoxide rings is 1. The zero-order chi connectivity index (χ0) is 18.3. The van der Waals surface area contributed by atoms with E-state index in [9.17, 15) is 10.4 Å². The van der Waals surface area contributed by atoms with Gasteiger partial charge < -0.3 is 9.84 Å². The van der Waals surface area contributed by atoms with Gasteiger partial charge >= 0.3 is 0 Å². The summed E-state index contributed by atoms with van der Waals surface area (Å²) in [6.45, 7) is 4.24. The van der Waals surface area contributed by atoms with E-state index in [1.165, 1.54) is 5.56 Å². The Morgan fingerprint density at radius 1 is 1.35 bits per heavy atom. The van der Waals surface area contributed by atoms with E-state index in [0.29, 0.717) is 0 Å². The normalized spacial score (nSPS) is 40.1. The molecular weight excluding hydrogens is 326 g/mol. The summed E-state index contributed by atoms with van der Waals surface area (Å²) in [5.74, 6) is 0.270. The molecule has 1 saturated carbocycles. The monoisotopic (exact) mass is 349 g/mol. The number of benzene rings is 1. The average Bonchev–Trinajstić information content (AvgIpc) is 3.32. The average molecular weight is 349 g/mol. The topological polar surface area (TPSA) is 74.4 Å². The minimum absolute atomic E-state index is 0.00808. The summed E-state index contributed by atoms with van der Waals surface area (Å²) in [5.41, 5.74) is 3.23. The molecule has 5 nitrogen and oxygen atoms in total. The molecule has 1 aromatic heterocycles. The van der Waals surface area contributed by atoms with Crippen molar-refractivity contribution < 1.29 is 9.84 Å². The lowest BCUT2D eigenvalue weighted by Gasteiger charge is -2.48. The molecular formula is C21H23N3O2. The van der Waals surface area contributed by atoms with Gasteiger partial charge in [-0.3, -0.25) is 4.68 Å². The van der Waals surface area contributed by atoms with Crippen LogP contribution in [-0.2, 0) is 23.6 Å². The lowest BCUT2D eigenvalue weighted by molar-refractivity contribution is -0.00591. The van der Waals surface area contributed by atoms with Crippen molar-refractivity contribution in [2.45, 2.75) is 49.9 Å². The van der Waals surface area contributed by atoms with Gasteiger partial charge in [-0.05, 0) is 24.7 Å². The molecule has 2 aromatic rings. The fraction of sp³-hybridized carbons (Fsp3) is 0.524. The molecule has 2 heterocycles. The second-order valence-electron chi connectivity index (χ2n) is 8.30. The van der Waals surface area contributed by atoms with Crippen LogP contribution in [-0.4, -0.2) is 32.7 Å². The minimum Gasteiger partial charge on any atom is -0.389 e. The number of aryl methyl sites for hydroxylation is 1. The van der Waals surface area contributed by atoms with Crippen LogP contribution in [0.3, 0.4) is 0 Å². The first kappa shape index (κ1) is 16.0. The second-order valence-corrected chi connectivity index (χ2v) is 8.30. The third-order valence-electron chi connectivity index (χ3n) is 7.12. The van der Waals surface area contributed by atoms with Gasteiger partial charge in [0, 0.05) is 23.6 Å². The molecule has 1 aromatic carbocycles. The number of hydrogen-bond donors (Lipinski definition) is 1. The van der Waals surface area contributed by atoms with E-state index in [0.717, 1.165) is 29.8 Å². The largest absolute Gasteiger partial charge is 0.389 e. The molecule has 1 aliphatic heterocycles. The Morgan fingerprint density at radius 3 is 2.77 bits per heavy atom. The van der Waals surface area contributed by atoms with Crippen LogP contribution in [0.5, 0.6) is 0 Å². The highest BCUT2D eigenvalue weighted by Gasteiger charge is 2.77. The van der Waals surface area contributed by atoms with Gasteiger partial charge in [0.25, 0.3) is 0 Å². The standard InChI is InChI=1S/C21H23N3O2/c1-12-15-10-9-14-16(13-7-5-4-6-8-13)24(3)23-17(14)20(15,2)19-21(11-22,26-19)18(12)25/h4-8,12,15,18-19,25H,9-10H2,1-3H3. The third-order valence-corrected chi connectivity index (χ3v) is 7.12. The zero-order valence-electron chi connectivity index (χ0n) is 15.3. The van der Waals surface area contributed by atoms with Crippen LogP contribution in [0.2, 0.25) is 0 Å². The Labute approximate surface area is 153 Å². The van der Waals surface area contributed by atoms with E-state index >= 15 is 0 Å². The fourth-order valence-electron chi connectivity index (χ4n) is 5.81. The van der Waals surface area contributed by atoms with Crippen LogP contribution in [0.4, 0.5) is 0 Å². The molecule has 1 N–H and O–H groups in total. The van der Waals surface area contributed by atoms with Crippen molar-refractivity contribution in [2.24, 2.45) is 18.9 Å². The fourth-order valence-corrected chi connectivity index (χ4v) is 5.81. The highest BCUT2D eigenvalue weighted by Crippen LogP contribution is 2.64. The summed E-state index contributed by atoms with van der Waals surface area (Å²) in [6.07, 6.45) is 0.911. The Hall–Kier alpha value is -2.16. The Kier molecular flexibility index (Phi) is 3.06. The summed E-state index contributed by atoms with van der Waals surface area (Å²) in [5, 5.41) is 25.3. The molecule has 6 unspecified atom stereocenters. The summed E-state index contributed by atoms with van der Waals surface area (Å²) in [4.78, 5) is 0. The van der Waals surface area contributed by atoms with Gasteiger partial charge in [-0.25, -0.2) is 0 Å². The summed E-state index contributed by atoms with van der Waals surface area (Å²) in [7, 11) is 1.99. The first-order valence-electron chi connectivity index (χ1n) is 9.34. The van der Waals surface area contributed by atoms with E-state index in [2.05, 4.69) is 32.0 Å². The molecule has 2 fully saturated rings. The van der Waals surface area contributed by atoms with Gasteiger partial charge in [0.15, 0.2) is 0 Å². The zero-order valence-corrected chi connectivity index (χ0v) is 15.3. The van der Waals surface area contributed by atoms with Gasteiger partial charge in [0.2, 0.25) is 5.60 Å². The molecule has 1 saturated heterocycles. The number of fused-ring (bicyclic) bond motifs is 5.